The molecule has 0 aliphatic carbocycles. The van der Waals surface area contributed by atoms with Gasteiger partial charge in [-0.3, -0.25) is 4.57 Å². The first-order valence-electron chi connectivity index (χ1n) is 13.4. The molecule has 1 unspecified atom stereocenters. The van der Waals surface area contributed by atoms with Crippen LogP contribution in [-0.4, -0.2) is 24.6 Å². The van der Waals surface area contributed by atoms with Crippen LogP contribution in [0.15, 0.2) is 36.4 Å². The van der Waals surface area contributed by atoms with Crippen molar-refractivity contribution in [2.75, 3.05) is 24.8 Å². The lowest BCUT2D eigenvalue weighted by Gasteiger charge is -2.30. The lowest BCUT2D eigenvalue weighted by Crippen LogP contribution is -2.18. The Balaban J connectivity index is 2.45. The minimum absolute atomic E-state index is 0.134. The van der Waals surface area contributed by atoms with Crippen LogP contribution in [0.1, 0.15) is 110 Å². The molecule has 0 aromatic heterocycles. The molecule has 0 saturated heterocycles. The van der Waals surface area contributed by atoms with E-state index in [9.17, 15) is 9.67 Å². The fourth-order valence-electron chi connectivity index (χ4n) is 4.48. The minimum atomic E-state index is -3.16. The van der Waals surface area contributed by atoms with Gasteiger partial charge in [0, 0.05) is 11.6 Å². The van der Waals surface area contributed by atoms with Gasteiger partial charge in [0.15, 0.2) is 0 Å². The Hall–Kier alpha value is -1.81. The number of nitrogens with one attached hydrogen (secondary N) is 1. The van der Waals surface area contributed by atoms with E-state index in [1.54, 1.807) is 0 Å². The minimum Gasteiger partial charge on any atom is -0.507 e. The average molecular weight is 518 g/mol. The standard InChI is InChI=1S/C30H48NO4P/c1-10-13-14-25(23-19-26(29(4,5)6)28(32)27(20-23)30(7,8)9)22-15-17-24(18-16-22)31-21-36(33,34-11-2)35-12-3/h15-20,25,31-32H,10-14,21H2,1-9H3. The molecule has 1 atom stereocenters. The molecule has 0 heterocycles. The van der Waals surface area contributed by atoms with Crippen LogP contribution in [0.2, 0.25) is 0 Å². The highest BCUT2D eigenvalue weighted by atomic mass is 31.2. The molecule has 0 fully saturated rings. The molecule has 0 amide bonds. The van der Waals surface area contributed by atoms with Gasteiger partial charge in [-0.2, -0.15) is 0 Å². The second-order valence-electron chi connectivity index (χ2n) is 11.6. The Morgan fingerprint density at radius 1 is 0.861 bits per heavy atom. The molecule has 0 aliphatic rings. The first kappa shape index (κ1) is 30.4. The molecule has 0 aliphatic heterocycles. The maximum Gasteiger partial charge on any atom is 0.349 e. The quantitative estimate of drug-likeness (QED) is 0.275. The summed E-state index contributed by atoms with van der Waals surface area (Å²) in [6.45, 7) is 19.5. The molecule has 0 saturated carbocycles. The molecule has 2 aromatic rings. The van der Waals surface area contributed by atoms with E-state index in [0.29, 0.717) is 19.0 Å². The zero-order valence-electron chi connectivity index (χ0n) is 23.9. The summed E-state index contributed by atoms with van der Waals surface area (Å²) in [5.74, 6) is 0.639. The van der Waals surface area contributed by atoms with Gasteiger partial charge >= 0.3 is 7.60 Å². The van der Waals surface area contributed by atoms with Crippen molar-refractivity contribution >= 4 is 13.3 Å². The van der Waals surface area contributed by atoms with Crippen LogP contribution in [0.25, 0.3) is 0 Å². The first-order chi connectivity index (χ1) is 16.8. The third kappa shape index (κ3) is 8.10. The number of hydrogen-bond acceptors (Lipinski definition) is 5. The lowest BCUT2D eigenvalue weighted by atomic mass is 9.75. The van der Waals surface area contributed by atoms with Gasteiger partial charge < -0.3 is 19.5 Å². The predicted octanol–water partition coefficient (Wildman–Crippen LogP) is 8.94. The monoisotopic (exact) mass is 517 g/mol. The summed E-state index contributed by atoms with van der Waals surface area (Å²) in [5.41, 5.74) is 5.01. The zero-order valence-corrected chi connectivity index (χ0v) is 24.8. The fourth-order valence-corrected chi connectivity index (χ4v) is 5.90. The topological polar surface area (TPSA) is 67.8 Å². The van der Waals surface area contributed by atoms with Gasteiger partial charge in [-0.15, -0.1) is 0 Å². The van der Waals surface area contributed by atoms with Crippen molar-refractivity contribution in [2.45, 2.75) is 98.3 Å². The number of benzene rings is 2. The molecular formula is C30H48NO4P. The largest absolute Gasteiger partial charge is 0.507 e. The summed E-state index contributed by atoms with van der Waals surface area (Å²) in [6, 6.07) is 12.8. The van der Waals surface area contributed by atoms with Crippen molar-refractivity contribution in [1.29, 1.82) is 0 Å². The maximum absolute atomic E-state index is 12.8. The second-order valence-corrected chi connectivity index (χ2v) is 13.6. The highest BCUT2D eigenvalue weighted by Gasteiger charge is 2.29. The van der Waals surface area contributed by atoms with Gasteiger partial charge in [-0.25, -0.2) is 0 Å². The van der Waals surface area contributed by atoms with E-state index in [2.05, 4.69) is 78.0 Å². The number of phenolic OH excluding ortho intramolecular Hbond substituents is 1. The van der Waals surface area contributed by atoms with Crippen LogP contribution in [0, 0.1) is 0 Å². The molecule has 202 valence electrons. The van der Waals surface area contributed by atoms with E-state index >= 15 is 0 Å². The van der Waals surface area contributed by atoms with Crippen molar-refractivity contribution in [1.82, 2.24) is 0 Å². The molecule has 36 heavy (non-hydrogen) atoms. The second kappa shape index (κ2) is 12.6. The Bertz CT molecular complexity index is 974. The summed E-state index contributed by atoms with van der Waals surface area (Å²) in [5, 5.41) is 14.4. The lowest BCUT2D eigenvalue weighted by molar-refractivity contribution is 0.221. The van der Waals surface area contributed by atoms with Crippen molar-refractivity contribution in [3.05, 3.63) is 58.7 Å². The zero-order chi connectivity index (χ0) is 27.1. The summed E-state index contributed by atoms with van der Waals surface area (Å²) in [6.07, 6.45) is 3.41. The normalized spacial score (nSPS) is 13.6. The van der Waals surface area contributed by atoms with E-state index < -0.39 is 7.60 Å². The van der Waals surface area contributed by atoms with E-state index in [-0.39, 0.29) is 23.0 Å². The molecule has 0 spiro atoms. The van der Waals surface area contributed by atoms with E-state index in [1.807, 2.05) is 26.0 Å². The number of hydrogen-bond donors (Lipinski definition) is 2. The predicted molar refractivity (Wildman–Crippen MR) is 153 cm³/mol. The van der Waals surface area contributed by atoms with E-state index in [4.69, 9.17) is 9.05 Å². The highest BCUT2D eigenvalue weighted by Crippen LogP contribution is 2.48. The van der Waals surface area contributed by atoms with Gasteiger partial charge in [0.05, 0.1) is 13.2 Å². The van der Waals surface area contributed by atoms with Crippen LogP contribution in [0.5, 0.6) is 5.75 Å². The van der Waals surface area contributed by atoms with Gasteiger partial charge in [-0.05, 0) is 65.5 Å². The van der Waals surface area contributed by atoms with Gasteiger partial charge in [-0.1, -0.05) is 85.6 Å². The average Bonchev–Trinajstić information content (AvgIpc) is 2.78. The third-order valence-electron chi connectivity index (χ3n) is 6.44. The SMILES string of the molecule is CCCCC(c1ccc(NCP(=O)(OCC)OCC)cc1)c1cc(C(C)(C)C)c(O)c(C(C)(C)C)c1. The number of unbranched alkanes of at least 4 members (excludes halogenated alkanes) is 1. The molecular weight excluding hydrogens is 469 g/mol. The smallest absolute Gasteiger partial charge is 0.349 e. The summed E-state index contributed by atoms with van der Waals surface area (Å²) < 4.78 is 23.6. The van der Waals surface area contributed by atoms with Crippen LogP contribution in [0.3, 0.4) is 0 Å². The van der Waals surface area contributed by atoms with Crippen LogP contribution in [-0.2, 0) is 24.4 Å². The molecule has 6 heteroatoms. The molecule has 2 N–H and O–H groups in total. The first-order valence-corrected chi connectivity index (χ1v) is 15.1. The molecule has 0 bridgehead atoms. The number of phenols is 1. The number of aromatic hydroxyl groups is 1. The number of anilines is 1. The Morgan fingerprint density at radius 3 is 1.78 bits per heavy atom. The van der Waals surface area contributed by atoms with Gasteiger partial charge in [0.1, 0.15) is 12.0 Å². The van der Waals surface area contributed by atoms with Gasteiger partial charge in [0.2, 0.25) is 0 Å². The van der Waals surface area contributed by atoms with Crippen molar-refractivity contribution < 1.29 is 18.7 Å². The Morgan fingerprint density at radius 2 is 1.36 bits per heavy atom. The van der Waals surface area contributed by atoms with Crippen LogP contribution >= 0.6 is 7.60 Å². The van der Waals surface area contributed by atoms with Crippen molar-refractivity contribution in [2.24, 2.45) is 0 Å². The summed E-state index contributed by atoms with van der Waals surface area (Å²) >= 11 is 0. The van der Waals surface area contributed by atoms with E-state index in [1.165, 1.54) is 11.1 Å². The molecule has 5 nitrogen and oxygen atoms in total. The van der Waals surface area contributed by atoms with Crippen molar-refractivity contribution in [3.8, 4) is 5.75 Å². The Kier molecular flexibility index (Phi) is 10.7. The molecule has 0 radical (unpaired) electrons. The molecule has 2 rings (SSSR count). The summed E-state index contributed by atoms with van der Waals surface area (Å²) in [4.78, 5) is 0. The Labute approximate surface area is 219 Å². The highest BCUT2D eigenvalue weighted by molar-refractivity contribution is 7.53. The summed E-state index contributed by atoms with van der Waals surface area (Å²) in [7, 11) is -3.16. The fraction of sp³-hybridized carbons (Fsp3) is 0.600. The molecule has 2 aromatic carbocycles. The van der Waals surface area contributed by atoms with Gasteiger partial charge in [0.25, 0.3) is 0 Å². The van der Waals surface area contributed by atoms with Crippen LogP contribution < -0.4 is 5.32 Å². The number of rotatable bonds is 12. The maximum atomic E-state index is 12.8. The third-order valence-corrected chi connectivity index (χ3v) is 8.29. The van der Waals surface area contributed by atoms with Crippen LogP contribution in [0.4, 0.5) is 5.69 Å². The van der Waals surface area contributed by atoms with E-state index in [0.717, 1.165) is 36.1 Å². The van der Waals surface area contributed by atoms with Crippen molar-refractivity contribution in [3.63, 3.8) is 0 Å².